The number of fused-ring (bicyclic) bond motifs is 1. The van der Waals surface area contributed by atoms with E-state index >= 15 is 0 Å². The van der Waals surface area contributed by atoms with Crippen LogP contribution in [-0.2, 0) is 6.42 Å². The average Bonchev–Trinajstić information content (AvgIpc) is 3.22. The molecule has 1 N–H and O–H groups in total. The molecule has 1 aromatic heterocycles. The molecular formula is C19H14N2O3. The predicted molar refractivity (Wildman–Crippen MR) is 87.6 cm³/mol. The zero-order valence-corrected chi connectivity index (χ0v) is 12.8. The SMILES string of the molecule is N#Cc1cccc2c1CCC2Oc1ccc(-c2cc(=O)[nH]o2)cc1. The van der Waals surface area contributed by atoms with Crippen LogP contribution < -0.4 is 10.3 Å². The van der Waals surface area contributed by atoms with Crippen LogP contribution in [0.5, 0.6) is 5.75 Å². The van der Waals surface area contributed by atoms with E-state index in [4.69, 9.17) is 9.26 Å². The summed E-state index contributed by atoms with van der Waals surface area (Å²) in [5.41, 5.74) is 3.46. The van der Waals surface area contributed by atoms with Crippen LogP contribution in [0.1, 0.15) is 29.2 Å². The van der Waals surface area contributed by atoms with Gasteiger partial charge in [0, 0.05) is 5.56 Å². The van der Waals surface area contributed by atoms with Gasteiger partial charge in [0.15, 0.2) is 5.76 Å². The molecule has 5 heteroatoms. The fourth-order valence-electron chi connectivity index (χ4n) is 3.13. The Balaban J connectivity index is 1.56. The summed E-state index contributed by atoms with van der Waals surface area (Å²) in [7, 11) is 0. The first-order chi connectivity index (χ1) is 11.7. The summed E-state index contributed by atoms with van der Waals surface area (Å²) in [5, 5.41) is 11.5. The summed E-state index contributed by atoms with van der Waals surface area (Å²) in [5.74, 6) is 1.24. The van der Waals surface area contributed by atoms with Crippen molar-refractivity contribution in [2.24, 2.45) is 0 Å². The van der Waals surface area contributed by atoms with Gasteiger partial charge in [-0.2, -0.15) is 10.4 Å². The molecule has 0 saturated heterocycles. The lowest BCUT2D eigenvalue weighted by Crippen LogP contribution is -2.03. The van der Waals surface area contributed by atoms with Crippen molar-refractivity contribution in [2.45, 2.75) is 18.9 Å². The van der Waals surface area contributed by atoms with Crippen LogP contribution >= 0.6 is 0 Å². The van der Waals surface area contributed by atoms with Crippen LogP contribution in [0.4, 0.5) is 0 Å². The third-order valence-corrected chi connectivity index (χ3v) is 4.28. The van der Waals surface area contributed by atoms with Gasteiger partial charge in [-0.05, 0) is 54.3 Å². The fourth-order valence-corrected chi connectivity index (χ4v) is 3.13. The maximum absolute atomic E-state index is 11.1. The van der Waals surface area contributed by atoms with E-state index < -0.39 is 0 Å². The Labute approximate surface area is 138 Å². The van der Waals surface area contributed by atoms with Crippen molar-refractivity contribution in [3.8, 4) is 23.1 Å². The van der Waals surface area contributed by atoms with Crippen molar-refractivity contribution in [1.82, 2.24) is 5.16 Å². The molecule has 0 bridgehead atoms. The van der Waals surface area contributed by atoms with Gasteiger partial charge in [0.25, 0.3) is 5.56 Å². The number of nitrogens with one attached hydrogen (secondary N) is 1. The van der Waals surface area contributed by atoms with E-state index in [1.54, 1.807) is 0 Å². The minimum atomic E-state index is -0.263. The highest BCUT2D eigenvalue weighted by atomic mass is 16.5. The van der Waals surface area contributed by atoms with Crippen molar-refractivity contribution >= 4 is 0 Å². The first-order valence-electron chi connectivity index (χ1n) is 7.72. The first-order valence-corrected chi connectivity index (χ1v) is 7.72. The summed E-state index contributed by atoms with van der Waals surface area (Å²) in [6.45, 7) is 0. The van der Waals surface area contributed by atoms with E-state index in [-0.39, 0.29) is 11.7 Å². The lowest BCUT2D eigenvalue weighted by atomic mass is 10.0. The number of rotatable bonds is 3. The molecule has 1 aliphatic rings. The number of H-pyrrole nitrogens is 1. The highest BCUT2D eigenvalue weighted by Gasteiger charge is 2.26. The van der Waals surface area contributed by atoms with Crippen LogP contribution in [-0.4, -0.2) is 5.16 Å². The molecule has 1 aliphatic carbocycles. The van der Waals surface area contributed by atoms with Crippen molar-refractivity contribution < 1.29 is 9.26 Å². The summed E-state index contributed by atoms with van der Waals surface area (Å²) in [6, 6.07) is 16.8. The fraction of sp³-hybridized carbons (Fsp3) is 0.158. The lowest BCUT2D eigenvalue weighted by Gasteiger charge is -2.15. The molecule has 0 amide bonds. The summed E-state index contributed by atoms with van der Waals surface area (Å²) in [4.78, 5) is 11.1. The molecule has 2 aromatic carbocycles. The topological polar surface area (TPSA) is 79.0 Å². The molecule has 5 nitrogen and oxygen atoms in total. The molecular weight excluding hydrogens is 304 g/mol. The number of ether oxygens (including phenoxy) is 1. The highest BCUT2D eigenvalue weighted by molar-refractivity contribution is 5.57. The van der Waals surface area contributed by atoms with Gasteiger partial charge in [0.2, 0.25) is 0 Å². The van der Waals surface area contributed by atoms with E-state index in [1.807, 2.05) is 42.5 Å². The maximum atomic E-state index is 11.1. The van der Waals surface area contributed by atoms with E-state index in [0.717, 1.165) is 40.8 Å². The van der Waals surface area contributed by atoms with Crippen molar-refractivity contribution in [3.05, 3.63) is 75.6 Å². The van der Waals surface area contributed by atoms with Gasteiger partial charge >= 0.3 is 0 Å². The molecule has 1 atom stereocenters. The standard InChI is InChI=1S/C19H14N2O3/c20-11-13-2-1-3-16-15(13)8-9-17(16)23-14-6-4-12(5-7-14)18-10-19(22)21-24-18/h1-7,10,17H,8-9H2,(H,21,22). The zero-order chi connectivity index (χ0) is 16.5. The molecule has 0 radical (unpaired) electrons. The molecule has 0 spiro atoms. The molecule has 118 valence electrons. The first kappa shape index (κ1) is 14.3. The van der Waals surface area contributed by atoms with Crippen LogP contribution in [0.25, 0.3) is 11.3 Å². The summed E-state index contributed by atoms with van der Waals surface area (Å²) < 4.78 is 11.2. The second-order valence-corrected chi connectivity index (χ2v) is 5.73. The number of hydrogen-bond acceptors (Lipinski definition) is 4. The smallest absolute Gasteiger partial charge is 0.280 e. The molecule has 24 heavy (non-hydrogen) atoms. The molecule has 0 aliphatic heterocycles. The largest absolute Gasteiger partial charge is 0.486 e. The number of benzene rings is 2. The molecule has 4 rings (SSSR count). The normalized spacial score (nSPS) is 15.7. The molecule has 0 saturated carbocycles. The molecule has 1 heterocycles. The van der Waals surface area contributed by atoms with Gasteiger partial charge in [-0.15, -0.1) is 0 Å². The van der Waals surface area contributed by atoms with Gasteiger partial charge < -0.3 is 9.26 Å². The lowest BCUT2D eigenvalue weighted by molar-refractivity contribution is 0.207. The number of aromatic nitrogens is 1. The van der Waals surface area contributed by atoms with Gasteiger partial charge in [-0.25, -0.2) is 0 Å². The Morgan fingerprint density at radius 2 is 2.04 bits per heavy atom. The number of nitrogens with zero attached hydrogens (tertiary/aromatic N) is 1. The number of aromatic amines is 1. The number of nitriles is 1. The van der Waals surface area contributed by atoms with Crippen molar-refractivity contribution in [2.75, 3.05) is 0 Å². The minimum Gasteiger partial charge on any atom is -0.486 e. The van der Waals surface area contributed by atoms with Gasteiger partial charge in [-0.3, -0.25) is 4.79 Å². The number of hydrogen-bond donors (Lipinski definition) is 1. The Morgan fingerprint density at radius 1 is 1.21 bits per heavy atom. The monoisotopic (exact) mass is 318 g/mol. The second-order valence-electron chi connectivity index (χ2n) is 5.73. The second kappa shape index (κ2) is 5.74. The summed E-state index contributed by atoms with van der Waals surface area (Å²) in [6.07, 6.45) is 1.68. The Kier molecular flexibility index (Phi) is 3.43. The molecule has 1 unspecified atom stereocenters. The van der Waals surface area contributed by atoms with Crippen LogP contribution in [0.15, 0.2) is 57.8 Å². The maximum Gasteiger partial charge on any atom is 0.280 e. The highest BCUT2D eigenvalue weighted by Crippen LogP contribution is 2.36. The van der Waals surface area contributed by atoms with Crippen LogP contribution in [0, 0.1) is 11.3 Å². The Morgan fingerprint density at radius 3 is 2.75 bits per heavy atom. The Hall–Kier alpha value is -3.26. The van der Waals surface area contributed by atoms with E-state index in [2.05, 4.69) is 11.2 Å². The van der Waals surface area contributed by atoms with Crippen molar-refractivity contribution in [1.29, 1.82) is 5.26 Å². The molecule has 3 aromatic rings. The van der Waals surface area contributed by atoms with E-state index in [0.29, 0.717) is 5.76 Å². The third-order valence-electron chi connectivity index (χ3n) is 4.28. The van der Waals surface area contributed by atoms with Crippen molar-refractivity contribution in [3.63, 3.8) is 0 Å². The van der Waals surface area contributed by atoms with E-state index in [1.165, 1.54) is 6.07 Å². The van der Waals surface area contributed by atoms with Gasteiger partial charge in [-0.1, -0.05) is 12.1 Å². The van der Waals surface area contributed by atoms with Crippen LogP contribution in [0.3, 0.4) is 0 Å². The molecule has 0 fully saturated rings. The average molecular weight is 318 g/mol. The summed E-state index contributed by atoms with van der Waals surface area (Å²) >= 11 is 0. The van der Waals surface area contributed by atoms with Gasteiger partial charge in [0.1, 0.15) is 11.9 Å². The minimum absolute atomic E-state index is 0.0376. The Bertz CT molecular complexity index is 977. The van der Waals surface area contributed by atoms with E-state index in [9.17, 15) is 10.1 Å². The zero-order valence-electron chi connectivity index (χ0n) is 12.8. The van der Waals surface area contributed by atoms with Gasteiger partial charge in [0.05, 0.1) is 17.7 Å². The van der Waals surface area contributed by atoms with Crippen LogP contribution in [0.2, 0.25) is 0 Å². The third kappa shape index (κ3) is 2.48. The predicted octanol–water partition coefficient (Wildman–Crippen LogP) is 3.57. The quantitative estimate of drug-likeness (QED) is 0.800.